The zero-order valence-corrected chi connectivity index (χ0v) is 20.7. The predicted molar refractivity (Wildman–Crippen MR) is 134 cm³/mol. The predicted octanol–water partition coefficient (Wildman–Crippen LogP) is 2.80. The van der Waals surface area contributed by atoms with Crippen LogP contribution in [0.2, 0.25) is 0 Å². The van der Waals surface area contributed by atoms with Crippen LogP contribution in [0, 0.1) is 13.8 Å². The molecule has 1 aromatic carbocycles. The number of benzene rings is 1. The second-order valence-electron chi connectivity index (χ2n) is 9.10. The third-order valence-electron chi connectivity index (χ3n) is 6.73. The zero-order valence-electron chi connectivity index (χ0n) is 20.7. The molecule has 35 heavy (non-hydrogen) atoms. The normalized spacial score (nSPS) is 14.6. The summed E-state index contributed by atoms with van der Waals surface area (Å²) in [6.45, 7) is 8.17. The van der Waals surface area contributed by atoms with Gasteiger partial charge in [0, 0.05) is 63.1 Å². The number of methoxy groups -OCH3 is 1. The summed E-state index contributed by atoms with van der Waals surface area (Å²) < 4.78 is 8.88. The molecule has 182 valence electrons. The first-order chi connectivity index (χ1) is 16.9. The van der Waals surface area contributed by atoms with Crippen molar-refractivity contribution in [3.8, 4) is 16.9 Å². The van der Waals surface area contributed by atoms with Crippen LogP contribution in [0.1, 0.15) is 17.0 Å². The van der Waals surface area contributed by atoms with Gasteiger partial charge in [0.2, 0.25) is 5.91 Å². The van der Waals surface area contributed by atoms with Crippen LogP contribution in [0.15, 0.2) is 42.7 Å². The first-order valence-corrected chi connectivity index (χ1v) is 11.9. The highest BCUT2D eigenvalue weighted by molar-refractivity contribution is 5.95. The van der Waals surface area contributed by atoms with E-state index in [-0.39, 0.29) is 12.5 Å². The van der Waals surface area contributed by atoms with Gasteiger partial charge in [-0.05, 0) is 43.2 Å². The molecule has 1 aliphatic rings. The minimum Gasteiger partial charge on any atom is -0.497 e. The molecule has 0 atom stereocenters. The molecule has 0 aliphatic carbocycles. The van der Waals surface area contributed by atoms with Gasteiger partial charge in [-0.15, -0.1) is 0 Å². The van der Waals surface area contributed by atoms with Gasteiger partial charge in [-0.1, -0.05) is 12.1 Å². The molecule has 0 bridgehead atoms. The molecule has 1 aliphatic heterocycles. The number of aromatic nitrogens is 5. The Balaban J connectivity index is 1.28. The van der Waals surface area contributed by atoms with Gasteiger partial charge in [0.25, 0.3) is 0 Å². The van der Waals surface area contributed by atoms with Crippen LogP contribution in [-0.4, -0.2) is 73.5 Å². The van der Waals surface area contributed by atoms with Crippen molar-refractivity contribution in [3.05, 3.63) is 59.7 Å². The lowest BCUT2D eigenvalue weighted by Crippen LogP contribution is -2.49. The van der Waals surface area contributed by atoms with E-state index >= 15 is 0 Å². The molecule has 0 radical (unpaired) electrons. The SMILES string of the molecule is COc1ccc(-c2ccnc3c2c(C)nn3CC(=O)N2CCN(Cc3cn(C)nc3C)CC2)cc1. The van der Waals surface area contributed by atoms with E-state index in [4.69, 9.17) is 4.74 Å². The fraction of sp³-hybridized carbons (Fsp3) is 0.385. The molecule has 4 heterocycles. The number of carbonyl (C=O) groups is 1. The summed E-state index contributed by atoms with van der Waals surface area (Å²) in [7, 11) is 3.61. The molecule has 0 N–H and O–H groups in total. The van der Waals surface area contributed by atoms with Crippen molar-refractivity contribution in [2.75, 3.05) is 33.3 Å². The number of aryl methyl sites for hydroxylation is 3. The second-order valence-corrected chi connectivity index (χ2v) is 9.10. The molecule has 0 saturated carbocycles. The van der Waals surface area contributed by atoms with E-state index in [0.717, 1.165) is 58.9 Å². The van der Waals surface area contributed by atoms with E-state index in [1.54, 1.807) is 18.0 Å². The van der Waals surface area contributed by atoms with Gasteiger partial charge in [-0.3, -0.25) is 14.4 Å². The van der Waals surface area contributed by atoms with Gasteiger partial charge in [0.1, 0.15) is 12.3 Å². The van der Waals surface area contributed by atoms with Gasteiger partial charge >= 0.3 is 0 Å². The molecule has 0 spiro atoms. The Labute approximate surface area is 204 Å². The molecule has 3 aromatic heterocycles. The van der Waals surface area contributed by atoms with E-state index in [1.165, 1.54) is 5.56 Å². The molecule has 4 aromatic rings. The molecule has 9 nitrogen and oxygen atoms in total. The Morgan fingerprint density at radius 2 is 1.74 bits per heavy atom. The van der Waals surface area contributed by atoms with Gasteiger partial charge < -0.3 is 9.64 Å². The highest BCUT2D eigenvalue weighted by Gasteiger charge is 2.24. The molecule has 1 saturated heterocycles. The van der Waals surface area contributed by atoms with Crippen molar-refractivity contribution >= 4 is 16.9 Å². The quantitative estimate of drug-likeness (QED) is 0.428. The Morgan fingerprint density at radius 1 is 1.00 bits per heavy atom. The maximum atomic E-state index is 13.2. The van der Waals surface area contributed by atoms with E-state index in [0.29, 0.717) is 13.1 Å². The van der Waals surface area contributed by atoms with E-state index < -0.39 is 0 Å². The second kappa shape index (κ2) is 9.50. The summed E-state index contributed by atoms with van der Waals surface area (Å²) in [5.74, 6) is 0.885. The highest BCUT2D eigenvalue weighted by atomic mass is 16.5. The molecular formula is C26H31N7O2. The van der Waals surface area contributed by atoms with Crippen molar-refractivity contribution < 1.29 is 9.53 Å². The van der Waals surface area contributed by atoms with E-state index in [9.17, 15) is 4.79 Å². The van der Waals surface area contributed by atoms with Crippen molar-refractivity contribution in [1.82, 2.24) is 34.3 Å². The largest absolute Gasteiger partial charge is 0.497 e. The summed E-state index contributed by atoms with van der Waals surface area (Å²) in [5, 5.41) is 10.1. The minimum absolute atomic E-state index is 0.0725. The number of nitrogens with zero attached hydrogens (tertiary/aromatic N) is 7. The lowest BCUT2D eigenvalue weighted by atomic mass is 10.0. The Bertz CT molecular complexity index is 1350. The summed E-state index contributed by atoms with van der Waals surface area (Å²) in [6.07, 6.45) is 3.86. The lowest BCUT2D eigenvalue weighted by molar-refractivity contribution is -0.133. The van der Waals surface area contributed by atoms with Crippen LogP contribution in [0.3, 0.4) is 0 Å². The highest BCUT2D eigenvalue weighted by Crippen LogP contribution is 2.31. The molecule has 0 unspecified atom stereocenters. The zero-order chi connectivity index (χ0) is 24.5. The maximum Gasteiger partial charge on any atom is 0.244 e. The number of carbonyl (C=O) groups excluding carboxylic acids is 1. The monoisotopic (exact) mass is 473 g/mol. The fourth-order valence-electron chi connectivity index (χ4n) is 4.83. The molecule has 5 rings (SSSR count). The lowest BCUT2D eigenvalue weighted by Gasteiger charge is -2.34. The van der Waals surface area contributed by atoms with Gasteiger partial charge in [0.05, 0.1) is 18.5 Å². The van der Waals surface area contributed by atoms with Gasteiger partial charge in [-0.25, -0.2) is 9.67 Å². The van der Waals surface area contributed by atoms with Crippen molar-refractivity contribution in [3.63, 3.8) is 0 Å². The third-order valence-corrected chi connectivity index (χ3v) is 6.73. The minimum atomic E-state index is 0.0725. The number of hydrogen-bond acceptors (Lipinski definition) is 6. The summed E-state index contributed by atoms with van der Waals surface area (Å²) in [6, 6.07) is 9.94. The van der Waals surface area contributed by atoms with Crippen molar-refractivity contribution in [2.24, 2.45) is 7.05 Å². The first-order valence-electron chi connectivity index (χ1n) is 11.9. The smallest absolute Gasteiger partial charge is 0.244 e. The number of amides is 1. The molecule has 1 amide bonds. The number of hydrogen-bond donors (Lipinski definition) is 0. The van der Waals surface area contributed by atoms with E-state index in [1.807, 2.05) is 60.8 Å². The number of ether oxygens (including phenoxy) is 1. The topological polar surface area (TPSA) is 81.3 Å². The number of pyridine rings is 1. The van der Waals surface area contributed by atoms with E-state index in [2.05, 4.69) is 26.3 Å². The number of fused-ring (bicyclic) bond motifs is 1. The number of piperazine rings is 1. The van der Waals surface area contributed by atoms with Crippen LogP contribution in [0.4, 0.5) is 0 Å². The van der Waals surface area contributed by atoms with Crippen LogP contribution >= 0.6 is 0 Å². The summed E-state index contributed by atoms with van der Waals surface area (Å²) in [5.41, 5.74) is 6.01. The Morgan fingerprint density at radius 3 is 2.40 bits per heavy atom. The first kappa shape index (κ1) is 23.0. The van der Waals surface area contributed by atoms with Gasteiger partial charge in [0.15, 0.2) is 5.65 Å². The Kier molecular flexibility index (Phi) is 6.25. The van der Waals surface area contributed by atoms with Crippen LogP contribution in [-0.2, 0) is 24.9 Å². The van der Waals surface area contributed by atoms with Crippen LogP contribution in [0.5, 0.6) is 5.75 Å². The van der Waals surface area contributed by atoms with Gasteiger partial charge in [-0.2, -0.15) is 10.2 Å². The standard InChI is InChI=1S/C26H31N7O2/c1-18-21(15-30(3)28-18)16-31-11-13-32(14-12-31)24(34)17-33-26-25(19(2)29-33)23(9-10-27-26)20-5-7-22(35-4)8-6-20/h5-10,15H,11-14,16-17H2,1-4H3. The fourth-order valence-corrected chi connectivity index (χ4v) is 4.83. The number of rotatable bonds is 6. The van der Waals surface area contributed by atoms with Crippen molar-refractivity contribution in [1.29, 1.82) is 0 Å². The molecule has 9 heteroatoms. The molecule has 1 fully saturated rings. The average Bonchev–Trinajstić information content (AvgIpc) is 3.36. The third kappa shape index (κ3) is 4.64. The average molecular weight is 474 g/mol. The molecular weight excluding hydrogens is 442 g/mol. The Hall–Kier alpha value is -3.72. The maximum absolute atomic E-state index is 13.2. The van der Waals surface area contributed by atoms with Crippen molar-refractivity contribution in [2.45, 2.75) is 26.9 Å². The summed E-state index contributed by atoms with van der Waals surface area (Å²) >= 11 is 0. The van der Waals surface area contributed by atoms with Crippen LogP contribution < -0.4 is 4.74 Å². The summed E-state index contributed by atoms with van der Waals surface area (Å²) in [4.78, 5) is 22.1. The van der Waals surface area contributed by atoms with Crippen LogP contribution in [0.25, 0.3) is 22.2 Å².